The summed E-state index contributed by atoms with van der Waals surface area (Å²) in [6, 6.07) is 14.3. The van der Waals surface area contributed by atoms with Gasteiger partial charge in [-0.25, -0.2) is 4.79 Å². The van der Waals surface area contributed by atoms with E-state index in [-0.39, 0.29) is 5.91 Å². The van der Waals surface area contributed by atoms with Crippen molar-refractivity contribution in [3.63, 3.8) is 0 Å². The predicted octanol–water partition coefficient (Wildman–Crippen LogP) is 4.18. The van der Waals surface area contributed by atoms with E-state index in [4.69, 9.17) is 4.42 Å². The summed E-state index contributed by atoms with van der Waals surface area (Å²) in [6.45, 7) is 2.01. The van der Waals surface area contributed by atoms with Crippen molar-refractivity contribution in [1.29, 1.82) is 0 Å². The maximum Gasteiger partial charge on any atom is 0.337 e. The normalized spacial score (nSPS) is 11.0. The Morgan fingerprint density at radius 3 is 2.76 bits per heavy atom. The lowest BCUT2D eigenvalue weighted by molar-refractivity contribution is -0.111. The summed E-state index contributed by atoms with van der Waals surface area (Å²) < 4.78 is 10.3. The molecule has 0 atom stereocenters. The van der Waals surface area contributed by atoms with Crippen LogP contribution in [0.15, 0.2) is 59.0 Å². The van der Waals surface area contributed by atoms with E-state index in [1.807, 2.05) is 31.2 Å². The predicted molar refractivity (Wildman–Crippen MR) is 96.4 cm³/mol. The molecule has 3 rings (SSSR count). The zero-order chi connectivity index (χ0) is 17.8. The maximum atomic E-state index is 12.1. The molecule has 1 N–H and O–H groups in total. The summed E-state index contributed by atoms with van der Waals surface area (Å²) in [7, 11) is 1.31. The van der Waals surface area contributed by atoms with Crippen LogP contribution in [0.4, 0.5) is 5.69 Å². The maximum absolute atomic E-state index is 12.1. The quantitative estimate of drug-likeness (QED) is 0.574. The topological polar surface area (TPSA) is 68.5 Å². The minimum Gasteiger partial charge on any atom is -0.465 e. The van der Waals surface area contributed by atoms with Crippen LogP contribution in [0.2, 0.25) is 0 Å². The molecular formula is C20H17NO4. The number of carbonyl (C=O) groups is 2. The number of nitrogens with one attached hydrogen (secondary N) is 1. The van der Waals surface area contributed by atoms with Crippen molar-refractivity contribution >= 4 is 34.6 Å². The van der Waals surface area contributed by atoms with Crippen LogP contribution in [-0.4, -0.2) is 19.0 Å². The minimum atomic E-state index is -0.454. The average molecular weight is 335 g/mol. The van der Waals surface area contributed by atoms with Crippen LogP contribution in [0.25, 0.3) is 17.0 Å². The first-order valence-electron chi connectivity index (χ1n) is 7.73. The zero-order valence-corrected chi connectivity index (χ0v) is 13.9. The Labute approximate surface area is 144 Å². The van der Waals surface area contributed by atoms with Gasteiger partial charge in [-0.3, -0.25) is 4.79 Å². The number of aryl methyl sites for hydroxylation is 1. The fourth-order valence-electron chi connectivity index (χ4n) is 2.45. The van der Waals surface area contributed by atoms with Gasteiger partial charge in [-0.15, -0.1) is 0 Å². The third-order valence-corrected chi connectivity index (χ3v) is 3.64. The number of hydrogen-bond acceptors (Lipinski definition) is 4. The van der Waals surface area contributed by atoms with Crippen LogP contribution in [0.5, 0.6) is 0 Å². The molecule has 0 saturated heterocycles. The molecule has 1 amide bonds. The number of anilines is 1. The number of ether oxygens (including phenoxy) is 1. The lowest BCUT2D eigenvalue weighted by Crippen LogP contribution is -2.09. The molecular weight excluding hydrogens is 318 g/mol. The lowest BCUT2D eigenvalue weighted by atomic mass is 10.2. The van der Waals surface area contributed by atoms with Crippen molar-refractivity contribution in [1.82, 2.24) is 0 Å². The molecule has 5 heteroatoms. The Hall–Kier alpha value is -3.34. The van der Waals surface area contributed by atoms with Crippen molar-refractivity contribution in [3.05, 3.63) is 71.5 Å². The van der Waals surface area contributed by atoms with Gasteiger partial charge in [0.05, 0.1) is 12.7 Å². The van der Waals surface area contributed by atoms with Gasteiger partial charge in [0.15, 0.2) is 0 Å². The second kappa shape index (κ2) is 7.05. The summed E-state index contributed by atoms with van der Waals surface area (Å²) in [4.78, 5) is 23.6. The smallest absolute Gasteiger partial charge is 0.337 e. The van der Waals surface area contributed by atoms with Gasteiger partial charge in [0.25, 0.3) is 0 Å². The number of esters is 1. The SMILES string of the molecule is COC(=O)c1cccc(NC(=O)C=Cc2cc3cc(C)ccc3o2)c1. The molecule has 0 fully saturated rings. The largest absolute Gasteiger partial charge is 0.465 e. The second-order valence-corrected chi connectivity index (χ2v) is 5.59. The van der Waals surface area contributed by atoms with E-state index in [0.29, 0.717) is 17.0 Å². The minimum absolute atomic E-state index is 0.321. The number of benzene rings is 2. The Kier molecular flexibility index (Phi) is 4.66. The highest BCUT2D eigenvalue weighted by atomic mass is 16.5. The molecule has 0 unspecified atom stereocenters. The van der Waals surface area contributed by atoms with Gasteiger partial charge in [0.1, 0.15) is 11.3 Å². The first kappa shape index (κ1) is 16.5. The van der Waals surface area contributed by atoms with Crippen LogP contribution >= 0.6 is 0 Å². The Balaban J connectivity index is 1.71. The lowest BCUT2D eigenvalue weighted by Gasteiger charge is -2.04. The first-order chi connectivity index (χ1) is 12.0. The molecule has 25 heavy (non-hydrogen) atoms. The van der Waals surface area contributed by atoms with E-state index in [1.54, 1.807) is 30.3 Å². The Morgan fingerprint density at radius 2 is 1.96 bits per heavy atom. The molecule has 0 aliphatic rings. The van der Waals surface area contributed by atoms with Crippen molar-refractivity contribution < 1.29 is 18.7 Å². The molecule has 5 nitrogen and oxygen atoms in total. The average Bonchev–Trinajstić information content (AvgIpc) is 3.01. The van der Waals surface area contributed by atoms with Gasteiger partial charge in [0.2, 0.25) is 5.91 Å². The van der Waals surface area contributed by atoms with Crippen molar-refractivity contribution in [2.75, 3.05) is 12.4 Å². The molecule has 1 aromatic heterocycles. The zero-order valence-electron chi connectivity index (χ0n) is 13.9. The van der Waals surface area contributed by atoms with E-state index in [2.05, 4.69) is 10.1 Å². The molecule has 1 heterocycles. The van der Waals surface area contributed by atoms with Gasteiger partial charge >= 0.3 is 5.97 Å². The molecule has 0 aliphatic carbocycles. The third kappa shape index (κ3) is 3.95. The number of fused-ring (bicyclic) bond motifs is 1. The summed E-state index contributed by atoms with van der Waals surface area (Å²) in [6.07, 6.45) is 2.99. The Morgan fingerprint density at radius 1 is 1.12 bits per heavy atom. The number of furan rings is 1. The van der Waals surface area contributed by atoms with Gasteiger partial charge < -0.3 is 14.5 Å². The van der Waals surface area contributed by atoms with Gasteiger partial charge in [0, 0.05) is 17.1 Å². The molecule has 3 aromatic rings. The van der Waals surface area contributed by atoms with Crippen molar-refractivity contribution in [3.8, 4) is 0 Å². The molecule has 0 saturated carbocycles. The van der Waals surface area contributed by atoms with E-state index in [9.17, 15) is 9.59 Å². The van der Waals surface area contributed by atoms with Crippen LogP contribution < -0.4 is 5.32 Å². The summed E-state index contributed by atoms with van der Waals surface area (Å²) in [5.41, 5.74) is 2.80. The van der Waals surface area contributed by atoms with Crippen molar-refractivity contribution in [2.45, 2.75) is 6.92 Å². The molecule has 2 aromatic carbocycles. The number of carbonyl (C=O) groups excluding carboxylic acids is 2. The number of hydrogen-bond donors (Lipinski definition) is 1. The number of rotatable bonds is 4. The summed E-state index contributed by atoms with van der Waals surface area (Å²) in [5.74, 6) is -0.179. The second-order valence-electron chi connectivity index (χ2n) is 5.59. The van der Waals surface area contributed by atoms with E-state index < -0.39 is 5.97 Å². The van der Waals surface area contributed by atoms with Crippen LogP contribution in [0.3, 0.4) is 0 Å². The van der Waals surface area contributed by atoms with Crippen LogP contribution in [-0.2, 0) is 9.53 Å². The molecule has 0 bridgehead atoms. The number of amides is 1. The standard InChI is InChI=1S/C20H17NO4/c1-13-6-8-18-15(10-13)12-17(25-18)7-9-19(22)21-16-5-3-4-14(11-16)20(23)24-2/h3-12H,1-2H3,(H,21,22). The van der Waals surface area contributed by atoms with Crippen molar-refractivity contribution in [2.24, 2.45) is 0 Å². The highest BCUT2D eigenvalue weighted by Gasteiger charge is 2.07. The van der Waals surface area contributed by atoms with E-state index >= 15 is 0 Å². The first-order valence-corrected chi connectivity index (χ1v) is 7.73. The van der Waals surface area contributed by atoms with E-state index in [0.717, 1.165) is 16.5 Å². The third-order valence-electron chi connectivity index (χ3n) is 3.64. The van der Waals surface area contributed by atoms with Gasteiger partial charge in [-0.2, -0.15) is 0 Å². The summed E-state index contributed by atoms with van der Waals surface area (Å²) in [5, 5.41) is 3.69. The van der Waals surface area contributed by atoms with Gasteiger partial charge in [-0.05, 0) is 49.4 Å². The summed E-state index contributed by atoms with van der Waals surface area (Å²) >= 11 is 0. The molecule has 126 valence electrons. The molecule has 0 radical (unpaired) electrons. The van der Waals surface area contributed by atoms with Crippen LogP contribution in [0.1, 0.15) is 21.7 Å². The monoisotopic (exact) mass is 335 g/mol. The highest BCUT2D eigenvalue weighted by Crippen LogP contribution is 2.21. The highest BCUT2D eigenvalue weighted by molar-refractivity contribution is 6.02. The number of methoxy groups -OCH3 is 1. The van der Waals surface area contributed by atoms with Gasteiger partial charge in [-0.1, -0.05) is 17.7 Å². The molecule has 0 spiro atoms. The van der Waals surface area contributed by atoms with Crippen LogP contribution in [0, 0.1) is 6.92 Å². The fraction of sp³-hybridized carbons (Fsp3) is 0.100. The van der Waals surface area contributed by atoms with E-state index in [1.165, 1.54) is 13.2 Å². The fourth-order valence-corrected chi connectivity index (χ4v) is 2.45. The Bertz CT molecular complexity index is 969. The molecule has 0 aliphatic heterocycles.